The fraction of sp³-hybridized carbons (Fsp3) is 0.391. The number of nitrogens with zero attached hydrogens (tertiary/aromatic N) is 4. The normalized spacial score (nSPS) is 21.5. The summed E-state index contributed by atoms with van der Waals surface area (Å²) in [7, 11) is -4.60. The van der Waals surface area contributed by atoms with Gasteiger partial charge in [0.1, 0.15) is 39.8 Å². The molecule has 0 radical (unpaired) electrons. The zero-order valence-electron chi connectivity index (χ0n) is 20.9. The van der Waals surface area contributed by atoms with Gasteiger partial charge in [0.25, 0.3) is 0 Å². The smallest absolute Gasteiger partial charge is 0.423 e. The first-order valence-corrected chi connectivity index (χ1v) is 13.9. The van der Waals surface area contributed by atoms with Gasteiger partial charge < -0.3 is 25.0 Å². The number of aliphatic hydroxyl groups excluding tert-OH is 2. The van der Waals surface area contributed by atoms with Crippen LogP contribution < -0.4 is 10.0 Å². The summed E-state index contributed by atoms with van der Waals surface area (Å²) in [6.45, 7) is 3.97. The predicted octanol–water partition coefficient (Wildman–Crippen LogP) is 1.56. The lowest BCUT2D eigenvalue weighted by molar-refractivity contribution is -0.0530. The summed E-state index contributed by atoms with van der Waals surface area (Å²) in [6.07, 6.45) is -0.0584. The number of hydrogen-bond acceptors (Lipinski definition) is 12. The Balaban J connectivity index is 1.51. The van der Waals surface area contributed by atoms with Gasteiger partial charge in [0.2, 0.25) is 0 Å². The largest absolute Gasteiger partial charge is 0.443 e. The third-order valence-electron chi connectivity index (χ3n) is 5.31. The molecule has 16 heteroatoms. The minimum Gasteiger partial charge on any atom is -0.443 e. The molecule has 1 aromatic carbocycles. The summed E-state index contributed by atoms with van der Waals surface area (Å²) < 4.78 is 43.0. The van der Waals surface area contributed by atoms with Crippen LogP contribution in [0.5, 0.6) is 0 Å². The van der Waals surface area contributed by atoms with Crippen LogP contribution in [0.2, 0.25) is 0 Å². The molecule has 4 N–H and O–H groups in total. The van der Waals surface area contributed by atoms with Gasteiger partial charge in [-0.25, -0.2) is 19.4 Å². The number of halogens is 1. The van der Waals surface area contributed by atoms with E-state index in [1.54, 1.807) is 43.7 Å². The van der Waals surface area contributed by atoms with E-state index in [4.69, 9.17) is 20.1 Å². The molecule has 3 heterocycles. The number of amides is 1. The van der Waals surface area contributed by atoms with Crippen molar-refractivity contribution >= 4 is 61.5 Å². The Kier molecular flexibility index (Phi) is 8.30. The number of ether oxygens (including phenoxy) is 2. The molecule has 39 heavy (non-hydrogen) atoms. The second-order valence-corrected chi connectivity index (χ2v) is 11.8. The molecule has 0 bridgehead atoms. The van der Waals surface area contributed by atoms with Crippen molar-refractivity contribution in [2.75, 3.05) is 11.9 Å². The highest BCUT2D eigenvalue weighted by molar-refractivity contribution is 14.1. The summed E-state index contributed by atoms with van der Waals surface area (Å²) in [6, 6.07) is 7.15. The molecule has 1 aliphatic rings. The molecule has 0 unspecified atom stereocenters. The Bertz CT molecular complexity index is 1530. The highest BCUT2D eigenvalue weighted by atomic mass is 127. The van der Waals surface area contributed by atoms with Crippen LogP contribution in [0.25, 0.3) is 11.0 Å². The molecule has 0 spiro atoms. The van der Waals surface area contributed by atoms with Gasteiger partial charge in [-0.05, 0) is 61.6 Å². The van der Waals surface area contributed by atoms with Crippen molar-refractivity contribution in [3.8, 4) is 12.3 Å². The van der Waals surface area contributed by atoms with Crippen LogP contribution in [0.15, 0.2) is 30.6 Å². The minimum atomic E-state index is -4.60. The Hall–Kier alpha value is -3.08. The third kappa shape index (κ3) is 6.74. The SMILES string of the molecule is C#Cc1cccc(Nc2ncnc3c2c(I)nn3[C@@H]2O[C@H](COS(=O)(=O)NC(=O)OC(C)(C)C)[C@@H](O)[C@H]2O)c1. The van der Waals surface area contributed by atoms with E-state index in [9.17, 15) is 23.4 Å². The first-order valence-electron chi connectivity index (χ1n) is 11.4. The van der Waals surface area contributed by atoms with Crippen molar-refractivity contribution in [3.05, 3.63) is 39.9 Å². The minimum absolute atomic E-state index is 0.280. The number of benzene rings is 1. The van der Waals surface area contributed by atoms with Crippen LogP contribution in [0.3, 0.4) is 0 Å². The monoisotopic (exact) mass is 672 g/mol. The molecule has 2 aromatic heterocycles. The summed E-state index contributed by atoms with van der Waals surface area (Å²) in [4.78, 5) is 20.3. The number of rotatable bonds is 7. The molecule has 3 aromatic rings. The van der Waals surface area contributed by atoms with E-state index < -0.39 is 53.1 Å². The Morgan fingerprint density at radius 2 is 2.03 bits per heavy atom. The first kappa shape index (κ1) is 28.9. The van der Waals surface area contributed by atoms with Gasteiger partial charge >= 0.3 is 16.4 Å². The fourth-order valence-electron chi connectivity index (χ4n) is 3.68. The number of carbonyl (C=O) groups is 1. The average molecular weight is 672 g/mol. The maximum Gasteiger partial charge on any atom is 0.423 e. The fourth-order valence-corrected chi connectivity index (χ4v) is 5.03. The second kappa shape index (κ2) is 11.2. The topological polar surface area (TPSA) is 187 Å². The van der Waals surface area contributed by atoms with Gasteiger partial charge in [0.05, 0.1) is 12.0 Å². The number of nitrogens with one attached hydrogen (secondary N) is 2. The molecular weight excluding hydrogens is 647 g/mol. The van der Waals surface area contributed by atoms with Gasteiger partial charge in [0, 0.05) is 11.3 Å². The van der Waals surface area contributed by atoms with Crippen LogP contribution in [-0.2, 0) is 24.0 Å². The van der Waals surface area contributed by atoms with Gasteiger partial charge in [-0.1, -0.05) is 12.0 Å². The molecule has 1 amide bonds. The molecule has 14 nitrogen and oxygen atoms in total. The maximum atomic E-state index is 12.1. The van der Waals surface area contributed by atoms with E-state index in [1.807, 2.05) is 28.7 Å². The number of anilines is 2. The highest BCUT2D eigenvalue weighted by Crippen LogP contribution is 2.35. The Morgan fingerprint density at radius 1 is 1.28 bits per heavy atom. The molecule has 4 rings (SSSR count). The van der Waals surface area contributed by atoms with Crippen LogP contribution in [0, 0.1) is 16.0 Å². The molecule has 208 valence electrons. The summed E-state index contributed by atoms with van der Waals surface area (Å²) >= 11 is 1.97. The first-order chi connectivity index (χ1) is 18.3. The van der Waals surface area contributed by atoms with E-state index in [-0.39, 0.29) is 5.65 Å². The van der Waals surface area contributed by atoms with Gasteiger partial charge in [-0.3, -0.25) is 4.18 Å². The lowest BCUT2D eigenvalue weighted by atomic mass is 10.1. The molecule has 0 saturated carbocycles. The van der Waals surface area contributed by atoms with Crippen molar-refractivity contribution in [2.24, 2.45) is 0 Å². The number of fused-ring (bicyclic) bond motifs is 1. The number of aliphatic hydroxyl groups is 2. The van der Waals surface area contributed by atoms with Crippen molar-refractivity contribution in [1.29, 1.82) is 0 Å². The molecule has 4 atom stereocenters. The van der Waals surface area contributed by atoms with Crippen LogP contribution in [0.4, 0.5) is 16.3 Å². The van der Waals surface area contributed by atoms with Crippen LogP contribution >= 0.6 is 22.6 Å². The van der Waals surface area contributed by atoms with E-state index >= 15 is 0 Å². The van der Waals surface area contributed by atoms with E-state index in [2.05, 4.69) is 26.3 Å². The van der Waals surface area contributed by atoms with Gasteiger partial charge in [0.15, 0.2) is 11.9 Å². The van der Waals surface area contributed by atoms with Crippen molar-refractivity contribution in [3.63, 3.8) is 0 Å². The van der Waals surface area contributed by atoms with Crippen LogP contribution in [0.1, 0.15) is 32.6 Å². The molecule has 1 aliphatic heterocycles. The maximum absolute atomic E-state index is 12.1. The summed E-state index contributed by atoms with van der Waals surface area (Å²) in [5.41, 5.74) is 0.696. The van der Waals surface area contributed by atoms with Gasteiger partial charge in [-0.2, -0.15) is 18.2 Å². The standard InChI is InChI=1S/C23H25IN6O8S/c1-5-12-7-6-8-13(9-12)27-19-15-18(24)28-30(20(15)26-11-25-19)21-17(32)16(31)14(37-21)10-36-39(34,35)29-22(33)38-23(2,3)4/h1,6-9,11,14,16-17,21,31-32H,10H2,2-4H3,(H,29,33)(H,25,26,27)/t14-,16-,17-,21-/m1/s1. The highest BCUT2D eigenvalue weighted by Gasteiger charge is 2.46. The number of carbonyl (C=O) groups excluding carboxylic acids is 1. The zero-order valence-corrected chi connectivity index (χ0v) is 23.9. The predicted molar refractivity (Wildman–Crippen MR) is 146 cm³/mol. The lowest BCUT2D eigenvalue weighted by Gasteiger charge is -2.20. The van der Waals surface area contributed by atoms with E-state index in [0.717, 1.165) is 0 Å². The van der Waals surface area contributed by atoms with Crippen molar-refractivity contribution in [2.45, 2.75) is 50.9 Å². The van der Waals surface area contributed by atoms with Crippen molar-refractivity contribution in [1.82, 2.24) is 24.5 Å². The number of aromatic nitrogens is 4. The lowest BCUT2D eigenvalue weighted by Crippen LogP contribution is -2.39. The van der Waals surface area contributed by atoms with Crippen molar-refractivity contribution < 1.29 is 37.1 Å². The van der Waals surface area contributed by atoms with Crippen LogP contribution in [-0.4, -0.2) is 75.0 Å². The number of terminal acetylenes is 1. The van der Waals surface area contributed by atoms with E-state index in [1.165, 1.54) is 11.0 Å². The van der Waals surface area contributed by atoms with E-state index in [0.29, 0.717) is 26.2 Å². The quantitative estimate of drug-likeness (QED) is 0.210. The van der Waals surface area contributed by atoms with Gasteiger partial charge in [-0.15, -0.1) is 6.42 Å². The Labute approximate surface area is 237 Å². The summed E-state index contributed by atoms with van der Waals surface area (Å²) in [5, 5.41) is 29.3. The Morgan fingerprint density at radius 3 is 2.72 bits per heavy atom. The zero-order chi connectivity index (χ0) is 28.5. The third-order valence-corrected chi connectivity index (χ3v) is 6.93. The average Bonchev–Trinajstić information content (AvgIpc) is 3.33. The summed E-state index contributed by atoms with van der Waals surface area (Å²) in [5.74, 6) is 2.97. The molecule has 1 saturated heterocycles. The number of hydrogen-bond donors (Lipinski definition) is 4. The second-order valence-electron chi connectivity index (χ2n) is 9.40. The molecule has 0 aliphatic carbocycles. The molecule has 1 fully saturated rings. The molecular formula is C23H25IN6O8S.